The minimum absolute atomic E-state index is 0.174. The second-order valence-electron chi connectivity index (χ2n) is 7.39. The molecule has 0 N–H and O–H groups in total. The van der Waals surface area contributed by atoms with Crippen molar-refractivity contribution in [1.82, 2.24) is 0 Å². The van der Waals surface area contributed by atoms with Crippen LogP contribution in [0, 0.1) is 0 Å². The molecule has 0 aromatic heterocycles. The first-order valence-corrected chi connectivity index (χ1v) is 10.2. The Morgan fingerprint density at radius 1 is 1.03 bits per heavy atom. The lowest BCUT2D eigenvalue weighted by molar-refractivity contribution is 0.0599. The monoisotopic (exact) mass is 415 g/mol. The molecule has 0 saturated carbocycles. The first-order chi connectivity index (χ1) is 14.5. The second kappa shape index (κ2) is 8.29. The molecule has 1 aliphatic heterocycles. The standard InChI is InChI=1S/C26H22ClNO2/c1-26(27)17-22-23(28-26)16-15-21(25(29)30-2)24(22)20(19-11-7-4-8-12-19)14-13-18-9-5-3-6-10-18/h3-17,20H,1-2H3. The van der Waals surface area contributed by atoms with Gasteiger partial charge in [0, 0.05) is 11.1 Å². The predicted octanol–water partition coefficient (Wildman–Crippen LogP) is 4.69. The highest BCUT2D eigenvalue weighted by Crippen LogP contribution is 2.29. The highest BCUT2D eigenvalue weighted by molar-refractivity contribution is 6.27. The minimum Gasteiger partial charge on any atom is -0.465 e. The summed E-state index contributed by atoms with van der Waals surface area (Å²) in [6.07, 6.45) is 6.10. The number of halogens is 1. The van der Waals surface area contributed by atoms with E-state index in [-0.39, 0.29) is 11.9 Å². The van der Waals surface area contributed by atoms with Crippen molar-refractivity contribution >= 4 is 29.7 Å². The lowest BCUT2D eigenvalue weighted by atomic mass is 9.85. The summed E-state index contributed by atoms with van der Waals surface area (Å²) < 4.78 is 5.10. The van der Waals surface area contributed by atoms with Gasteiger partial charge < -0.3 is 4.74 Å². The molecule has 30 heavy (non-hydrogen) atoms. The molecule has 0 radical (unpaired) electrons. The van der Waals surface area contributed by atoms with Crippen molar-refractivity contribution in [1.29, 1.82) is 0 Å². The second-order valence-corrected chi connectivity index (χ2v) is 8.15. The number of hydrogen-bond donors (Lipinski definition) is 0. The summed E-state index contributed by atoms with van der Waals surface area (Å²) in [6, 6.07) is 23.8. The third-order valence-corrected chi connectivity index (χ3v) is 5.36. The molecule has 0 bridgehead atoms. The maximum Gasteiger partial charge on any atom is 0.338 e. The summed E-state index contributed by atoms with van der Waals surface area (Å²) in [4.78, 5) is 16.4. The topological polar surface area (TPSA) is 38.7 Å². The summed E-state index contributed by atoms with van der Waals surface area (Å²) in [5.41, 5.74) is 3.52. The SMILES string of the molecule is COC(=O)c1ccc2c(c1C(C=Cc1ccccc1)c1ccccc1)=CC(C)(Cl)N=2. The van der Waals surface area contributed by atoms with Gasteiger partial charge in [0.25, 0.3) is 0 Å². The molecule has 0 amide bonds. The molecule has 1 aliphatic rings. The zero-order valence-corrected chi connectivity index (χ0v) is 17.6. The number of rotatable bonds is 5. The maximum absolute atomic E-state index is 12.7. The van der Waals surface area contributed by atoms with E-state index in [2.05, 4.69) is 29.3 Å². The van der Waals surface area contributed by atoms with Gasteiger partial charge in [-0.05, 0) is 41.8 Å². The van der Waals surface area contributed by atoms with E-state index in [0.717, 1.165) is 27.3 Å². The number of benzene rings is 3. The normalized spacial score (nSPS) is 18.4. The maximum atomic E-state index is 12.7. The Balaban J connectivity index is 1.98. The Hall–Kier alpha value is -3.17. The molecule has 0 spiro atoms. The Labute approximate surface area is 181 Å². The van der Waals surface area contributed by atoms with Crippen LogP contribution < -0.4 is 10.6 Å². The summed E-state index contributed by atoms with van der Waals surface area (Å²) in [6.45, 7) is 1.84. The highest BCUT2D eigenvalue weighted by Gasteiger charge is 2.27. The van der Waals surface area contributed by atoms with E-state index in [4.69, 9.17) is 16.3 Å². The van der Waals surface area contributed by atoms with Crippen molar-refractivity contribution < 1.29 is 9.53 Å². The molecule has 150 valence electrons. The number of alkyl halides is 1. The average molecular weight is 416 g/mol. The van der Waals surface area contributed by atoms with Crippen LogP contribution in [0.3, 0.4) is 0 Å². The van der Waals surface area contributed by atoms with Crippen LogP contribution in [0.2, 0.25) is 0 Å². The smallest absolute Gasteiger partial charge is 0.338 e. The van der Waals surface area contributed by atoms with E-state index < -0.39 is 5.00 Å². The van der Waals surface area contributed by atoms with E-state index in [0.29, 0.717) is 5.56 Å². The first kappa shape index (κ1) is 20.1. The van der Waals surface area contributed by atoms with Gasteiger partial charge in [-0.3, -0.25) is 4.99 Å². The van der Waals surface area contributed by atoms with Gasteiger partial charge in [0.1, 0.15) is 0 Å². The van der Waals surface area contributed by atoms with Crippen molar-refractivity contribution in [3.8, 4) is 0 Å². The molecule has 3 aromatic rings. The molecule has 3 aromatic carbocycles. The Morgan fingerprint density at radius 3 is 2.37 bits per heavy atom. The van der Waals surface area contributed by atoms with Gasteiger partial charge in [0.05, 0.1) is 18.0 Å². The van der Waals surface area contributed by atoms with Crippen LogP contribution in [0.15, 0.2) is 83.9 Å². The molecule has 4 heteroatoms. The van der Waals surface area contributed by atoms with Gasteiger partial charge in [0.15, 0.2) is 5.00 Å². The summed E-state index contributed by atoms with van der Waals surface area (Å²) in [5.74, 6) is -0.550. The predicted molar refractivity (Wildman–Crippen MR) is 121 cm³/mol. The summed E-state index contributed by atoms with van der Waals surface area (Å²) in [5, 5.41) is 1.66. The zero-order valence-electron chi connectivity index (χ0n) is 16.9. The molecular formula is C26H22ClNO2. The van der Waals surface area contributed by atoms with Crippen LogP contribution in [0.1, 0.15) is 39.9 Å². The lowest BCUT2D eigenvalue weighted by Gasteiger charge is -2.18. The first-order valence-electron chi connectivity index (χ1n) is 9.79. The zero-order chi connectivity index (χ0) is 21.1. The number of nitrogens with zero attached hydrogens (tertiary/aromatic N) is 1. The fourth-order valence-corrected chi connectivity index (χ4v) is 4.03. The van der Waals surface area contributed by atoms with Gasteiger partial charge in [-0.1, -0.05) is 84.4 Å². The summed E-state index contributed by atoms with van der Waals surface area (Å²) >= 11 is 6.54. The number of methoxy groups -OCH3 is 1. The van der Waals surface area contributed by atoms with Gasteiger partial charge in [-0.15, -0.1) is 0 Å². The van der Waals surface area contributed by atoms with Crippen LogP contribution in [-0.2, 0) is 4.74 Å². The van der Waals surface area contributed by atoms with Gasteiger partial charge in [-0.25, -0.2) is 4.79 Å². The average Bonchev–Trinajstić information content (AvgIpc) is 3.09. The van der Waals surface area contributed by atoms with Gasteiger partial charge >= 0.3 is 5.97 Å². The Morgan fingerprint density at radius 2 is 1.70 bits per heavy atom. The third kappa shape index (κ3) is 4.07. The van der Waals surface area contributed by atoms with E-state index in [9.17, 15) is 4.79 Å². The van der Waals surface area contributed by atoms with Crippen LogP contribution in [0.4, 0.5) is 0 Å². The van der Waals surface area contributed by atoms with E-state index in [1.54, 1.807) is 6.07 Å². The van der Waals surface area contributed by atoms with Crippen molar-refractivity contribution in [3.05, 3.63) is 112 Å². The van der Waals surface area contributed by atoms with Crippen LogP contribution in [-0.4, -0.2) is 18.1 Å². The van der Waals surface area contributed by atoms with E-state index >= 15 is 0 Å². The largest absolute Gasteiger partial charge is 0.465 e. The van der Waals surface area contributed by atoms with E-state index in [1.165, 1.54) is 7.11 Å². The molecule has 1 heterocycles. The van der Waals surface area contributed by atoms with Crippen molar-refractivity contribution in [2.75, 3.05) is 7.11 Å². The molecule has 4 rings (SSSR count). The van der Waals surface area contributed by atoms with Crippen molar-refractivity contribution in [3.63, 3.8) is 0 Å². The quantitative estimate of drug-likeness (QED) is 0.344. The number of carbonyl (C=O) groups is 1. The fraction of sp³-hybridized carbons (Fsp3) is 0.154. The van der Waals surface area contributed by atoms with Gasteiger partial charge in [0.2, 0.25) is 0 Å². The van der Waals surface area contributed by atoms with Crippen LogP contribution in [0.5, 0.6) is 0 Å². The number of hydrogen-bond acceptors (Lipinski definition) is 3. The van der Waals surface area contributed by atoms with Crippen LogP contribution >= 0.6 is 11.6 Å². The number of allylic oxidation sites excluding steroid dienone is 1. The van der Waals surface area contributed by atoms with Crippen molar-refractivity contribution in [2.45, 2.75) is 17.8 Å². The number of carbonyl (C=O) groups excluding carboxylic acids is 1. The molecule has 0 saturated heterocycles. The minimum atomic E-state index is -0.837. The molecule has 3 nitrogen and oxygen atoms in total. The molecule has 0 aliphatic carbocycles. The highest BCUT2D eigenvalue weighted by atomic mass is 35.5. The molecule has 0 fully saturated rings. The number of esters is 1. The summed E-state index contributed by atoms with van der Waals surface area (Å²) in [7, 11) is 1.40. The Kier molecular flexibility index (Phi) is 5.56. The van der Waals surface area contributed by atoms with Crippen LogP contribution in [0.25, 0.3) is 12.2 Å². The lowest BCUT2D eigenvalue weighted by Crippen LogP contribution is -2.30. The molecular weight excluding hydrogens is 394 g/mol. The third-order valence-electron chi connectivity index (χ3n) is 5.17. The van der Waals surface area contributed by atoms with Gasteiger partial charge in [-0.2, -0.15) is 0 Å². The molecule has 2 atom stereocenters. The molecule has 2 unspecified atom stereocenters. The number of ether oxygens (including phenoxy) is 1. The Bertz CT molecular complexity index is 1220. The van der Waals surface area contributed by atoms with E-state index in [1.807, 2.05) is 67.6 Å². The fourth-order valence-electron chi connectivity index (χ4n) is 3.83. The number of fused-ring (bicyclic) bond motifs is 1. The van der Waals surface area contributed by atoms with Crippen molar-refractivity contribution in [2.24, 2.45) is 4.99 Å².